The van der Waals surface area contributed by atoms with Gasteiger partial charge < -0.3 is 15.5 Å². The van der Waals surface area contributed by atoms with Crippen LogP contribution in [0.15, 0.2) is 6.07 Å². The van der Waals surface area contributed by atoms with Gasteiger partial charge in [0.1, 0.15) is 0 Å². The highest BCUT2D eigenvalue weighted by molar-refractivity contribution is 5.77. The number of nitrogens with one attached hydrogen (secondary N) is 2. The molecule has 1 aliphatic rings. The van der Waals surface area contributed by atoms with Crippen LogP contribution >= 0.6 is 0 Å². The van der Waals surface area contributed by atoms with Crippen LogP contribution in [-0.4, -0.2) is 36.0 Å². The van der Waals surface area contributed by atoms with E-state index in [1.165, 1.54) is 0 Å². The van der Waals surface area contributed by atoms with E-state index in [-0.39, 0.29) is 18.0 Å². The molecular formula is C15H17F4N3O2. The number of urea groups is 1. The molecule has 0 bridgehead atoms. The van der Waals surface area contributed by atoms with Crippen molar-refractivity contribution in [2.45, 2.75) is 32.4 Å². The van der Waals surface area contributed by atoms with E-state index in [1.807, 2.05) is 0 Å². The molecule has 0 spiro atoms. The number of rotatable bonds is 4. The average Bonchev–Trinajstić information content (AvgIpc) is 3.00. The maximum absolute atomic E-state index is 13.5. The third kappa shape index (κ3) is 3.95. The van der Waals surface area contributed by atoms with E-state index < -0.39 is 41.4 Å². The molecule has 1 saturated heterocycles. The van der Waals surface area contributed by atoms with E-state index in [1.54, 1.807) is 11.8 Å². The minimum absolute atomic E-state index is 0.0286. The topological polar surface area (TPSA) is 61.4 Å². The van der Waals surface area contributed by atoms with Crippen molar-refractivity contribution in [2.24, 2.45) is 0 Å². The molecule has 1 aromatic carbocycles. The van der Waals surface area contributed by atoms with Gasteiger partial charge in [-0.3, -0.25) is 4.79 Å². The van der Waals surface area contributed by atoms with Crippen LogP contribution in [-0.2, 0) is 11.3 Å². The lowest BCUT2D eigenvalue weighted by Gasteiger charge is -2.16. The first-order valence-corrected chi connectivity index (χ1v) is 7.47. The van der Waals surface area contributed by atoms with Crippen LogP contribution in [0.1, 0.15) is 25.3 Å². The van der Waals surface area contributed by atoms with Crippen molar-refractivity contribution in [3.8, 4) is 0 Å². The van der Waals surface area contributed by atoms with Crippen molar-refractivity contribution >= 4 is 11.9 Å². The molecule has 1 heterocycles. The van der Waals surface area contributed by atoms with Gasteiger partial charge >= 0.3 is 6.03 Å². The van der Waals surface area contributed by atoms with Gasteiger partial charge in [0.2, 0.25) is 5.91 Å². The Morgan fingerprint density at radius 3 is 2.42 bits per heavy atom. The lowest BCUT2D eigenvalue weighted by Crippen LogP contribution is -2.43. The number of carbonyl (C=O) groups is 2. The molecule has 3 amide bonds. The molecule has 0 radical (unpaired) electrons. The molecule has 1 aromatic rings. The molecule has 1 atom stereocenters. The molecule has 2 rings (SSSR count). The highest BCUT2D eigenvalue weighted by Gasteiger charge is 2.26. The Hall–Kier alpha value is -2.32. The van der Waals surface area contributed by atoms with Crippen molar-refractivity contribution in [1.82, 2.24) is 15.5 Å². The summed E-state index contributed by atoms with van der Waals surface area (Å²) in [6.07, 6.45) is 0.916. The summed E-state index contributed by atoms with van der Waals surface area (Å²) in [7, 11) is 0. The van der Waals surface area contributed by atoms with Gasteiger partial charge in [-0.15, -0.1) is 0 Å². The van der Waals surface area contributed by atoms with E-state index in [0.29, 0.717) is 25.9 Å². The molecule has 1 unspecified atom stereocenters. The summed E-state index contributed by atoms with van der Waals surface area (Å²) in [5, 5.41) is 4.70. The van der Waals surface area contributed by atoms with Gasteiger partial charge in [0.25, 0.3) is 0 Å². The van der Waals surface area contributed by atoms with Gasteiger partial charge in [0.05, 0.1) is 6.54 Å². The van der Waals surface area contributed by atoms with Crippen molar-refractivity contribution in [3.63, 3.8) is 0 Å². The predicted octanol–water partition coefficient (Wildman–Crippen LogP) is 2.05. The van der Waals surface area contributed by atoms with Gasteiger partial charge in [-0.2, -0.15) is 0 Å². The minimum Gasteiger partial charge on any atom is -0.341 e. The number of likely N-dealkylation sites (tertiary alicyclic amines) is 1. The maximum Gasteiger partial charge on any atom is 0.315 e. The van der Waals surface area contributed by atoms with Crippen LogP contribution in [0.3, 0.4) is 0 Å². The Kier molecular flexibility index (Phi) is 5.63. The molecule has 132 valence electrons. The second-order valence-electron chi connectivity index (χ2n) is 5.45. The quantitative estimate of drug-likeness (QED) is 0.647. The molecule has 1 fully saturated rings. The Balaban J connectivity index is 1.90. The minimum atomic E-state index is -1.55. The van der Waals surface area contributed by atoms with Crippen molar-refractivity contribution < 1.29 is 27.2 Å². The Morgan fingerprint density at radius 2 is 1.83 bits per heavy atom. The van der Waals surface area contributed by atoms with Gasteiger partial charge in [0.15, 0.2) is 23.3 Å². The smallest absolute Gasteiger partial charge is 0.315 e. The summed E-state index contributed by atoms with van der Waals surface area (Å²) in [4.78, 5) is 24.9. The van der Waals surface area contributed by atoms with E-state index in [2.05, 4.69) is 10.6 Å². The third-order valence-corrected chi connectivity index (χ3v) is 3.81. The summed E-state index contributed by atoms with van der Waals surface area (Å²) < 4.78 is 53.1. The molecule has 0 aromatic heterocycles. The number of carbonyl (C=O) groups excluding carboxylic acids is 2. The first-order chi connectivity index (χ1) is 11.3. The van der Waals surface area contributed by atoms with Crippen molar-refractivity contribution in [2.75, 3.05) is 13.1 Å². The van der Waals surface area contributed by atoms with Crippen LogP contribution in [0.5, 0.6) is 0 Å². The summed E-state index contributed by atoms with van der Waals surface area (Å²) in [5.74, 6) is -6.19. The number of amides is 3. The van der Waals surface area contributed by atoms with E-state index in [9.17, 15) is 27.2 Å². The molecular weight excluding hydrogens is 330 g/mol. The van der Waals surface area contributed by atoms with E-state index >= 15 is 0 Å². The van der Waals surface area contributed by atoms with Crippen LogP contribution in [0.25, 0.3) is 0 Å². The van der Waals surface area contributed by atoms with E-state index in [4.69, 9.17) is 0 Å². The van der Waals surface area contributed by atoms with Crippen LogP contribution in [0, 0.1) is 23.3 Å². The van der Waals surface area contributed by atoms with Gasteiger partial charge in [0, 0.05) is 37.2 Å². The molecule has 24 heavy (non-hydrogen) atoms. The SMILES string of the molecule is CCC(=O)N1CCC(NC(=O)NCc2c(F)c(F)cc(F)c2F)C1. The summed E-state index contributed by atoms with van der Waals surface area (Å²) in [6.45, 7) is 1.88. The Morgan fingerprint density at radius 1 is 1.21 bits per heavy atom. The fraction of sp³-hybridized carbons (Fsp3) is 0.467. The first kappa shape index (κ1) is 18.0. The van der Waals surface area contributed by atoms with Gasteiger partial charge in [-0.05, 0) is 6.42 Å². The third-order valence-electron chi connectivity index (χ3n) is 3.81. The molecule has 0 aliphatic carbocycles. The summed E-state index contributed by atoms with van der Waals surface area (Å²) in [6, 6.07) is -0.930. The summed E-state index contributed by atoms with van der Waals surface area (Å²) >= 11 is 0. The second-order valence-corrected chi connectivity index (χ2v) is 5.45. The second kappa shape index (κ2) is 7.50. The zero-order valence-corrected chi connectivity index (χ0v) is 13.0. The number of hydrogen-bond acceptors (Lipinski definition) is 2. The van der Waals surface area contributed by atoms with Crippen LogP contribution in [0.2, 0.25) is 0 Å². The van der Waals surface area contributed by atoms with Crippen molar-refractivity contribution in [1.29, 1.82) is 0 Å². The largest absolute Gasteiger partial charge is 0.341 e. The fourth-order valence-electron chi connectivity index (χ4n) is 2.51. The fourth-order valence-corrected chi connectivity index (χ4v) is 2.51. The predicted molar refractivity (Wildman–Crippen MR) is 76.9 cm³/mol. The first-order valence-electron chi connectivity index (χ1n) is 7.47. The number of nitrogens with zero attached hydrogens (tertiary/aromatic N) is 1. The van der Waals surface area contributed by atoms with Crippen LogP contribution in [0.4, 0.5) is 22.4 Å². The molecule has 2 N–H and O–H groups in total. The molecule has 0 saturated carbocycles. The molecule has 5 nitrogen and oxygen atoms in total. The zero-order valence-electron chi connectivity index (χ0n) is 13.0. The van der Waals surface area contributed by atoms with Crippen LogP contribution < -0.4 is 10.6 Å². The highest BCUT2D eigenvalue weighted by atomic mass is 19.2. The standard InChI is InChI=1S/C15H17F4N3O2/c1-2-12(23)22-4-3-8(7-22)21-15(24)20-6-9-13(18)10(16)5-11(17)14(9)19/h5,8H,2-4,6-7H2,1H3,(H2,20,21,24). The number of hydrogen-bond donors (Lipinski definition) is 2. The molecule has 1 aliphatic heterocycles. The van der Waals surface area contributed by atoms with E-state index in [0.717, 1.165) is 0 Å². The highest BCUT2D eigenvalue weighted by Crippen LogP contribution is 2.19. The monoisotopic (exact) mass is 347 g/mol. The lowest BCUT2D eigenvalue weighted by atomic mass is 10.2. The summed E-state index contributed by atoms with van der Waals surface area (Å²) in [5.41, 5.74) is -0.892. The van der Waals surface area contributed by atoms with Crippen molar-refractivity contribution in [3.05, 3.63) is 34.9 Å². The Bertz CT molecular complexity index is 628. The molecule has 9 heteroatoms. The number of halogens is 4. The zero-order chi connectivity index (χ0) is 17.9. The Labute approximate surface area is 136 Å². The normalized spacial score (nSPS) is 17.0. The van der Waals surface area contributed by atoms with Gasteiger partial charge in [-0.25, -0.2) is 22.4 Å². The average molecular weight is 347 g/mol. The maximum atomic E-state index is 13.5. The van der Waals surface area contributed by atoms with Gasteiger partial charge in [-0.1, -0.05) is 6.92 Å². The lowest BCUT2D eigenvalue weighted by molar-refractivity contribution is -0.129. The number of benzene rings is 1.